The lowest BCUT2D eigenvalue weighted by Gasteiger charge is -2.11. The Labute approximate surface area is 161 Å². The third kappa shape index (κ3) is 4.62. The molecule has 0 aliphatic carbocycles. The van der Waals surface area contributed by atoms with E-state index in [2.05, 4.69) is 4.99 Å². The summed E-state index contributed by atoms with van der Waals surface area (Å²) in [6.07, 6.45) is 2.66. The summed E-state index contributed by atoms with van der Waals surface area (Å²) >= 11 is 1.45. The summed E-state index contributed by atoms with van der Waals surface area (Å²) in [6.45, 7) is 4.17. The molecular formula is C20H19NO5S. The number of nitrogens with zero attached hydrogens (tertiary/aromatic N) is 1. The minimum atomic E-state index is -0.505. The van der Waals surface area contributed by atoms with Gasteiger partial charge in [-0.25, -0.2) is 9.79 Å². The van der Waals surface area contributed by atoms with Crippen LogP contribution in [0.1, 0.15) is 37.1 Å². The molecule has 1 aromatic carbocycles. The van der Waals surface area contributed by atoms with E-state index in [1.165, 1.54) is 11.3 Å². The second-order valence-corrected chi connectivity index (χ2v) is 6.62. The predicted octanol–water partition coefficient (Wildman–Crippen LogP) is 4.20. The van der Waals surface area contributed by atoms with Gasteiger partial charge >= 0.3 is 11.9 Å². The lowest BCUT2D eigenvalue weighted by Crippen LogP contribution is -2.08. The van der Waals surface area contributed by atoms with Gasteiger partial charge < -0.3 is 14.2 Å². The number of cyclic esters (lactones) is 1. The number of hydrogen-bond donors (Lipinski definition) is 0. The SMILES string of the molecule is CCCC(=O)Oc1ccc(/C=C2/N=C(c3cccs3)OC2=O)cc1OCC. The van der Waals surface area contributed by atoms with Crippen LogP contribution in [0.15, 0.2) is 46.4 Å². The Hall–Kier alpha value is -2.93. The molecular weight excluding hydrogens is 366 g/mol. The summed E-state index contributed by atoms with van der Waals surface area (Å²) in [6, 6.07) is 8.79. The van der Waals surface area contributed by atoms with E-state index < -0.39 is 5.97 Å². The molecule has 1 aromatic heterocycles. The fraction of sp³-hybridized carbons (Fsp3) is 0.250. The Morgan fingerprint density at radius 1 is 1.26 bits per heavy atom. The average molecular weight is 385 g/mol. The van der Waals surface area contributed by atoms with Crippen LogP contribution in [-0.4, -0.2) is 24.4 Å². The Morgan fingerprint density at radius 3 is 2.81 bits per heavy atom. The summed E-state index contributed by atoms with van der Waals surface area (Å²) in [5.41, 5.74) is 0.897. The normalized spacial score (nSPS) is 14.8. The van der Waals surface area contributed by atoms with Crippen molar-refractivity contribution in [3.8, 4) is 11.5 Å². The van der Waals surface area contributed by atoms with E-state index in [1.54, 1.807) is 24.3 Å². The molecule has 140 valence electrons. The number of rotatable bonds is 7. The van der Waals surface area contributed by atoms with Crippen molar-refractivity contribution >= 4 is 35.2 Å². The second kappa shape index (κ2) is 8.64. The van der Waals surface area contributed by atoms with E-state index in [-0.39, 0.29) is 11.7 Å². The molecule has 6 nitrogen and oxygen atoms in total. The minimum absolute atomic E-state index is 0.205. The van der Waals surface area contributed by atoms with Crippen molar-refractivity contribution in [3.63, 3.8) is 0 Å². The molecule has 2 heterocycles. The molecule has 0 saturated carbocycles. The largest absolute Gasteiger partial charge is 0.490 e. The first-order valence-corrected chi connectivity index (χ1v) is 9.52. The van der Waals surface area contributed by atoms with Gasteiger partial charge in [-0.15, -0.1) is 11.3 Å². The van der Waals surface area contributed by atoms with Crippen molar-refractivity contribution in [1.82, 2.24) is 0 Å². The van der Waals surface area contributed by atoms with Gasteiger partial charge in [-0.1, -0.05) is 19.1 Å². The maximum absolute atomic E-state index is 12.1. The fourth-order valence-corrected chi connectivity index (χ4v) is 3.07. The summed E-state index contributed by atoms with van der Waals surface area (Å²) in [5.74, 6) is 0.277. The molecule has 0 spiro atoms. The van der Waals surface area contributed by atoms with Crippen molar-refractivity contribution in [2.45, 2.75) is 26.7 Å². The molecule has 3 rings (SSSR count). The lowest BCUT2D eigenvalue weighted by atomic mass is 10.1. The number of esters is 2. The molecule has 27 heavy (non-hydrogen) atoms. The molecule has 0 radical (unpaired) electrons. The zero-order valence-corrected chi connectivity index (χ0v) is 15.9. The Kier molecular flexibility index (Phi) is 6.03. The van der Waals surface area contributed by atoms with Crippen molar-refractivity contribution < 1.29 is 23.8 Å². The zero-order valence-electron chi connectivity index (χ0n) is 15.1. The van der Waals surface area contributed by atoms with Gasteiger partial charge in [0.25, 0.3) is 0 Å². The Bertz CT molecular complexity index is 899. The molecule has 0 bridgehead atoms. The highest BCUT2D eigenvalue weighted by Crippen LogP contribution is 2.30. The quantitative estimate of drug-likeness (QED) is 0.406. The number of benzene rings is 1. The second-order valence-electron chi connectivity index (χ2n) is 5.68. The highest BCUT2D eigenvalue weighted by Gasteiger charge is 2.24. The van der Waals surface area contributed by atoms with Gasteiger partial charge in [0, 0.05) is 6.42 Å². The molecule has 7 heteroatoms. The van der Waals surface area contributed by atoms with Crippen LogP contribution in [0.4, 0.5) is 0 Å². The average Bonchev–Trinajstić information content (AvgIpc) is 3.28. The van der Waals surface area contributed by atoms with E-state index in [0.29, 0.717) is 42.4 Å². The van der Waals surface area contributed by atoms with Crippen LogP contribution < -0.4 is 9.47 Å². The number of carbonyl (C=O) groups is 2. The molecule has 0 saturated heterocycles. The highest BCUT2D eigenvalue weighted by molar-refractivity contribution is 7.12. The highest BCUT2D eigenvalue weighted by atomic mass is 32.1. The lowest BCUT2D eigenvalue weighted by molar-refractivity contribution is -0.134. The summed E-state index contributed by atoms with van der Waals surface area (Å²) < 4.78 is 16.1. The van der Waals surface area contributed by atoms with Crippen LogP contribution in [0.2, 0.25) is 0 Å². The van der Waals surface area contributed by atoms with Crippen LogP contribution in [0.5, 0.6) is 11.5 Å². The van der Waals surface area contributed by atoms with Crippen molar-refractivity contribution in [3.05, 3.63) is 51.8 Å². The topological polar surface area (TPSA) is 74.2 Å². The van der Waals surface area contributed by atoms with E-state index in [9.17, 15) is 9.59 Å². The van der Waals surface area contributed by atoms with Gasteiger partial charge in [0.15, 0.2) is 17.2 Å². The van der Waals surface area contributed by atoms with Gasteiger partial charge in [-0.05, 0) is 48.6 Å². The van der Waals surface area contributed by atoms with Crippen LogP contribution in [-0.2, 0) is 14.3 Å². The number of hydrogen-bond acceptors (Lipinski definition) is 7. The summed E-state index contributed by atoms with van der Waals surface area (Å²) in [4.78, 5) is 28.9. The Balaban J connectivity index is 1.86. The van der Waals surface area contributed by atoms with Crippen molar-refractivity contribution in [2.75, 3.05) is 6.61 Å². The first kappa shape index (κ1) is 18.8. The number of ether oxygens (including phenoxy) is 3. The molecule has 0 amide bonds. The first-order chi connectivity index (χ1) is 13.1. The summed E-state index contributed by atoms with van der Waals surface area (Å²) in [7, 11) is 0. The van der Waals surface area contributed by atoms with Crippen molar-refractivity contribution in [2.24, 2.45) is 4.99 Å². The van der Waals surface area contributed by atoms with Crippen LogP contribution in [0.3, 0.4) is 0 Å². The van der Waals surface area contributed by atoms with Gasteiger partial charge in [-0.2, -0.15) is 0 Å². The van der Waals surface area contributed by atoms with Crippen LogP contribution >= 0.6 is 11.3 Å². The third-order valence-electron chi connectivity index (χ3n) is 3.60. The third-order valence-corrected chi connectivity index (χ3v) is 4.46. The van der Waals surface area contributed by atoms with E-state index in [4.69, 9.17) is 14.2 Å². The van der Waals surface area contributed by atoms with E-state index >= 15 is 0 Å². The maximum Gasteiger partial charge on any atom is 0.363 e. The number of thiophene rings is 1. The van der Waals surface area contributed by atoms with Gasteiger partial charge in [0.1, 0.15) is 0 Å². The standard InChI is InChI=1S/C20H19NO5S/c1-3-6-18(22)25-15-9-8-13(12-16(15)24-4-2)11-14-20(23)26-19(21-14)17-7-5-10-27-17/h5,7-12H,3-4,6H2,1-2H3/b14-11+. The fourth-order valence-electron chi connectivity index (χ4n) is 2.42. The first-order valence-electron chi connectivity index (χ1n) is 8.64. The number of aliphatic imine (C=N–C) groups is 1. The predicted molar refractivity (Wildman–Crippen MR) is 103 cm³/mol. The monoisotopic (exact) mass is 385 g/mol. The van der Waals surface area contributed by atoms with Crippen LogP contribution in [0, 0.1) is 0 Å². The molecule has 0 N–H and O–H groups in total. The Morgan fingerprint density at radius 2 is 2.11 bits per heavy atom. The van der Waals surface area contributed by atoms with E-state index in [0.717, 1.165) is 4.88 Å². The minimum Gasteiger partial charge on any atom is -0.490 e. The van der Waals surface area contributed by atoms with Gasteiger partial charge in [-0.3, -0.25) is 4.79 Å². The maximum atomic E-state index is 12.1. The van der Waals surface area contributed by atoms with Gasteiger partial charge in [0.05, 0.1) is 11.5 Å². The van der Waals surface area contributed by atoms with Gasteiger partial charge in [0.2, 0.25) is 5.90 Å². The van der Waals surface area contributed by atoms with Crippen molar-refractivity contribution in [1.29, 1.82) is 0 Å². The zero-order chi connectivity index (χ0) is 19.2. The van der Waals surface area contributed by atoms with E-state index in [1.807, 2.05) is 31.4 Å². The molecule has 0 unspecified atom stereocenters. The molecule has 2 aromatic rings. The number of carbonyl (C=O) groups excluding carboxylic acids is 2. The smallest absolute Gasteiger partial charge is 0.363 e. The summed E-state index contributed by atoms with van der Waals surface area (Å²) in [5, 5.41) is 1.89. The van der Waals surface area contributed by atoms with Crippen LogP contribution in [0.25, 0.3) is 6.08 Å². The molecule has 1 aliphatic heterocycles. The molecule has 0 atom stereocenters. The molecule has 0 fully saturated rings. The molecule has 1 aliphatic rings.